The zero-order valence-corrected chi connectivity index (χ0v) is 15.8. The second-order valence-corrected chi connectivity index (χ2v) is 7.26. The number of hydrogen-bond acceptors (Lipinski definition) is 3. The van der Waals surface area contributed by atoms with Gasteiger partial charge in [0.05, 0.1) is 0 Å². The Hall–Kier alpha value is -2.62. The summed E-state index contributed by atoms with van der Waals surface area (Å²) in [7, 11) is 0. The van der Waals surface area contributed by atoms with E-state index >= 15 is 0 Å². The average Bonchev–Trinajstić information content (AvgIpc) is 2.69. The van der Waals surface area contributed by atoms with Crippen LogP contribution in [0.25, 0.3) is 0 Å². The molecule has 0 bridgehead atoms. The highest BCUT2D eigenvalue weighted by Gasteiger charge is 2.28. The van der Waals surface area contributed by atoms with Gasteiger partial charge in [-0.25, -0.2) is 0 Å². The molecule has 0 saturated carbocycles. The van der Waals surface area contributed by atoms with Gasteiger partial charge in [0.1, 0.15) is 11.9 Å². The summed E-state index contributed by atoms with van der Waals surface area (Å²) in [6.45, 7) is 2.07. The number of benzene rings is 3. The van der Waals surface area contributed by atoms with Gasteiger partial charge in [0, 0.05) is 34.3 Å². The largest absolute Gasteiger partial charge is 0.508 e. The van der Waals surface area contributed by atoms with Crippen LogP contribution in [0.2, 0.25) is 5.02 Å². The molecule has 0 spiro atoms. The number of aliphatic imine (C=N–C) groups is 1. The van der Waals surface area contributed by atoms with Crippen molar-refractivity contribution < 1.29 is 5.11 Å². The molecule has 136 valence electrons. The number of aromatic hydroxyl groups is 1. The van der Waals surface area contributed by atoms with Crippen molar-refractivity contribution in [3.05, 3.63) is 100 Å². The van der Waals surface area contributed by atoms with Crippen LogP contribution in [0.15, 0.2) is 77.8 Å². The Morgan fingerprint density at radius 2 is 1.59 bits per heavy atom. The number of nitrogens with zero attached hydrogens (tertiary/aromatic N) is 1. The van der Waals surface area contributed by atoms with Crippen LogP contribution in [0.4, 0.5) is 0 Å². The highest BCUT2D eigenvalue weighted by Crippen LogP contribution is 2.35. The van der Waals surface area contributed by atoms with E-state index in [0.717, 1.165) is 22.4 Å². The van der Waals surface area contributed by atoms with E-state index in [0.29, 0.717) is 11.4 Å². The summed E-state index contributed by atoms with van der Waals surface area (Å²) in [6.07, 6.45) is 0.426. The molecule has 0 aromatic heterocycles. The summed E-state index contributed by atoms with van der Waals surface area (Å²) >= 11 is 6.44. The lowest BCUT2D eigenvalue weighted by Gasteiger charge is -2.31. The molecule has 3 aromatic rings. The Kier molecular flexibility index (Phi) is 4.97. The molecule has 0 unspecified atom stereocenters. The number of para-hydroxylation sites is 1. The van der Waals surface area contributed by atoms with Crippen LogP contribution in [0, 0.1) is 6.92 Å². The molecule has 1 heterocycles. The number of aryl methyl sites for hydroxylation is 1. The first-order valence-electron chi connectivity index (χ1n) is 9.04. The zero-order valence-electron chi connectivity index (χ0n) is 15.1. The molecule has 0 fully saturated rings. The lowest BCUT2D eigenvalue weighted by molar-refractivity contribution is 0.413. The number of rotatable bonds is 3. The molecule has 0 saturated heterocycles. The lowest BCUT2D eigenvalue weighted by atomic mass is 9.93. The molecule has 1 aliphatic heterocycles. The Morgan fingerprint density at radius 3 is 2.30 bits per heavy atom. The van der Waals surface area contributed by atoms with E-state index in [1.54, 1.807) is 6.07 Å². The Morgan fingerprint density at radius 1 is 0.926 bits per heavy atom. The summed E-state index contributed by atoms with van der Waals surface area (Å²) < 4.78 is 0. The molecule has 0 amide bonds. The van der Waals surface area contributed by atoms with Crippen molar-refractivity contribution in [1.82, 2.24) is 5.32 Å². The quantitative estimate of drug-likeness (QED) is 0.627. The van der Waals surface area contributed by atoms with Crippen LogP contribution in [0.1, 0.15) is 40.9 Å². The fourth-order valence-corrected chi connectivity index (χ4v) is 3.70. The third-order valence-electron chi connectivity index (χ3n) is 4.94. The second kappa shape index (κ2) is 7.55. The molecular weight excluding hydrogens is 356 g/mol. The van der Waals surface area contributed by atoms with Crippen molar-refractivity contribution in [3.8, 4) is 5.75 Å². The highest BCUT2D eigenvalue weighted by molar-refractivity contribution is 6.31. The van der Waals surface area contributed by atoms with Gasteiger partial charge >= 0.3 is 0 Å². The molecule has 4 heteroatoms. The Bertz CT molecular complexity index is 982. The minimum Gasteiger partial charge on any atom is -0.508 e. The number of nitrogens with one attached hydrogen (secondary N) is 1. The van der Waals surface area contributed by atoms with Gasteiger partial charge in [-0.05, 0) is 24.6 Å². The summed E-state index contributed by atoms with van der Waals surface area (Å²) in [5.74, 6) is 0.290. The van der Waals surface area contributed by atoms with Gasteiger partial charge < -0.3 is 5.11 Å². The number of halogens is 1. The van der Waals surface area contributed by atoms with Crippen LogP contribution >= 0.6 is 11.6 Å². The van der Waals surface area contributed by atoms with E-state index in [2.05, 4.69) is 36.5 Å². The van der Waals surface area contributed by atoms with Gasteiger partial charge in [0.25, 0.3) is 0 Å². The van der Waals surface area contributed by atoms with Crippen molar-refractivity contribution in [3.63, 3.8) is 0 Å². The first kappa shape index (κ1) is 17.8. The van der Waals surface area contributed by atoms with Crippen LogP contribution in [0.3, 0.4) is 0 Å². The topological polar surface area (TPSA) is 44.6 Å². The highest BCUT2D eigenvalue weighted by atomic mass is 35.5. The first-order valence-corrected chi connectivity index (χ1v) is 9.41. The number of phenols is 1. The molecule has 3 aromatic carbocycles. The maximum atomic E-state index is 10.4. The van der Waals surface area contributed by atoms with Crippen molar-refractivity contribution in [2.24, 2.45) is 4.99 Å². The maximum absolute atomic E-state index is 10.4. The third-order valence-corrected chi connectivity index (χ3v) is 5.28. The van der Waals surface area contributed by atoms with Crippen molar-refractivity contribution in [1.29, 1.82) is 0 Å². The van der Waals surface area contributed by atoms with Gasteiger partial charge in [0.2, 0.25) is 0 Å². The molecule has 2 atom stereocenters. The van der Waals surface area contributed by atoms with E-state index < -0.39 is 0 Å². The van der Waals surface area contributed by atoms with E-state index in [1.165, 1.54) is 5.56 Å². The number of hydrogen-bond donors (Lipinski definition) is 2. The molecule has 0 radical (unpaired) electrons. The fraction of sp³-hybridized carbons (Fsp3) is 0.174. The zero-order chi connectivity index (χ0) is 18.8. The van der Waals surface area contributed by atoms with Crippen molar-refractivity contribution in [2.75, 3.05) is 0 Å². The second-order valence-electron chi connectivity index (χ2n) is 6.85. The third kappa shape index (κ3) is 3.75. The Labute approximate surface area is 164 Å². The fourth-order valence-electron chi connectivity index (χ4n) is 3.47. The summed E-state index contributed by atoms with van der Waals surface area (Å²) in [6, 6.07) is 23.5. The molecule has 0 aliphatic carbocycles. The van der Waals surface area contributed by atoms with E-state index in [1.807, 2.05) is 42.5 Å². The summed E-state index contributed by atoms with van der Waals surface area (Å²) in [5, 5.41) is 14.6. The monoisotopic (exact) mass is 376 g/mol. The minimum absolute atomic E-state index is 0.0544. The molecule has 27 heavy (non-hydrogen) atoms. The van der Waals surface area contributed by atoms with Crippen LogP contribution in [-0.4, -0.2) is 10.8 Å². The van der Waals surface area contributed by atoms with Crippen LogP contribution in [-0.2, 0) is 0 Å². The maximum Gasteiger partial charge on any atom is 0.127 e. The Balaban J connectivity index is 1.78. The van der Waals surface area contributed by atoms with E-state index in [9.17, 15) is 5.11 Å². The summed E-state index contributed by atoms with van der Waals surface area (Å²) in [4.78, 5) is 4.96. The predicted molar refractivity (Wildman–Crippen MR) is 111 cm³/mol. The van der Waals surface area contributed by atoms with Gasteiger partial charge in [-0.2, -0.15) is 0 Å². The van der Waals surface area contributed by atoms with Crippen molar-refractivity contribution in [2.45, 2.75) is 25.6 Å². The smallest absolute Gasteiger partial charge is 0.127 e. The van der Waals surface area contributed by atoms with Gasteiger partial charge in [-0.1, -0.05) is 77.8 Å². The van der Waals surface area contributed by atoms with Gasteiger partial charge in [0.15, 0.2) is 0 Å². The lowest BCUT2D eigenvalue weighted by Crippen LogP contribution is -2.33. The van der Waals surface area contributed by atoms with E-state index in [4.69, 9.17) is 16.6 Å². The van der Waals surface area contributed by atoms with Crippen LogP contribution < -0.4 is 5.32 Å². The minimum atomic E-state index is -0.270. The van der Waals surface area contributed by atoms with Gasteiger partial charge in [-0.15, -0.1) is 0 Å². The molecular formula is C23H21ClN2O. The molecule has 2 N–H and O–H groups in total. The van der Waals surface area contributed by atoms with Gasteiger partial charge in [-0.3, -0.25) is 10.3 Å². The average molecular weight is 377 g/mol. The SMILES string of the molecule is Cc1ccc(C2=N[C@H](c3ccccc3Cl)N[C@@H](c3ccccc3O)C2)cc1. The first-order chi connectivity index (χ1) is 13.1. The number of phenolic OH excluding ortho intramolecular Hbond substituents is 1. The van der Waals surface area contributed by atoms with Crippen molar-refractivity contribution >= 4 is 17.3 Å². The molecule has 3 nitrogen and oxygen atoms in total. The molecule has 4 rings (SSSR count). The van der Waals surface area contributed by atoms with E-state index in [-0.39, 0.29) is 18.0 Å². The van der Waals surface area contributed by atoms with Crippen LogP contribution in [0.5, 0.6) is 5.75 Å². The standard InChI is InChI=1S/C23H21ClN2O/c1-15-10-12-16(13-11-15)20-14-21(18-7-3-5-9-22(18)27)26-23(25-20)17-6-2-4-8-19(17)24/h2-13,21,23,26-27H,14H2,1H3/t21-,23+/m1/s1. The molecule has 1 aliphatic rings. The summed E-state index contributed by atoms with van der Waals surface area (Å²) in [5.41, 5.74) is 5.12. The normalized spacial score (nSPS) is 19.6. The predicted octanol–water partition coefficient (Wildman–Crippen LogP) is 5.58.